The predicted molar refractivity (Wildman–Crippen MR) is 64.1 cm³/mol. The van der Waals surface area contributed by atoms with Crippen molar-refractivity contribution in [3.05, 3.63) is 63.6 Å². The summed E-state index contributed by atoms with van der Waals surface area (Å²) in [6.45, 7) is 0. The summed E-state index contributed by atoms with van der Waals surface area (Å²) in [5, 5.41) is 0.435. The minimum atomic E-state index is -0.575. The fraction of sp³-hybridized carbons (Fsp3) is 0. The normalized spacial score (nSPS) is 10.3. The summed E-state index contributed by atoms with van der Waals surface area (Å²) in [4.78, 5) is 15.6. The van der Waals surface area contributed by atoms with E-state index in [0.29, 0.717) is 0 Å². The highest BCUT2D eigenvalue weighted by Crippen LogP contribution is 2.27. The number of pyridine rings is 1. The number of hydrogen-bond donors (Lipinski definition) is 0. The van der Waals surface area contributed by atoms with Crippen LogP contribution in [0.1, 0.15) is 15.9 Å². The van der Waals surface area contributed by atoms with Crippen molar-refractivity contribution in [1.82, 2.24) is 4.98 Å². The standard InChI is InChI=1S/C12H6Cl2FNO/c13-10-3-1-2-9(11(10)14)12(17)7-4-8(15)6-16-5-7/h1-6H. The fourth-order valence-electron chi connectivity index (χ4n) is 1.37. The number of nitrogens with zero attached hydrogens (tertiary/aromatic N) is 1. The van der Waals surface area contributed by atoms with Crippen molar-refractivity contribution in [3.8, 4) is 0 Å². The highest BCUT2D eigenvalue weighted by atomic mass is 35.5. The lowest BCUT2D eigenvalue weighted by Crippen LogP contribution is -2.03. The van der Waals surface area contributed by atoms with E-state index in [-0.39, 0.29) is 21.2 Å². The molecule has 2 rings (SSSR count). The highest BCUT2D eigenvalue weighted by molar-refractivity contribution is 6.44. The molecule has 0 aliphatic carbocycles. The van der Waals surface area contributed by atoms with Gasteiger partial charge in [-0.1, -0.05) is 29.3 Å². The van der Waals surface area contributed by atoms with Gasteiger partial charge in [0.2, 0.25) is 0 Å². The maximum Gasteiger partial charge on any atom is 0.196 e. The number of carbonyl (C=O) groups excluding carboxylic acids is 1. The van der Waals surface area contributed by atoms with Gasteiger partial charge in [0.15, 0.2) is 5.78 Å². The molecule has 0 aliphatic heterocycles. The summed E-state index contributed by atoms with van der Waals surface area (Å²) in [6.07, 6.45) is 2.30. The van der Waals surface area contributed by atoms with E-state index in [1.54, 1.807) is 12.1 Å². The van der Waals surface area contributed by atoms with E-state index in [2.05, 4.69) is 4.98 Å². The second-order valence-corrected chi connectivity index (χ2v) is 4.11. The summed E-state index contributed by atoms with van der Waals surface area (Å²) in [7, 11) is 0. The van der Waals surface area contributed by atoms with Crippen molar-refractivity contribution in [2.45, 2.75) is 0 Å². The Morgan fingerprint density at radius 2 is 2.00 bits per heavy atom. The summed E-state index contributed by atoms with van der Waals surface area (Å²) < 4.78 is 12.9. The number of halogens is 3. The van der Waals surface area contributed by atoms with Gasteiger partial charge in [0.05, 0.1) is 16.2 Å². The van der Waals surface area contributed by atoms with Crippen LogP contribution in [0, 0.1) is 5.82 Å². The summed E-state index contributed by atoms with van der Waals surface area (Å²) in [5.74, 6) is -0.987. The van der Waals surface area contributed by atoms with E-state index >= 15 is 0 Å². The van der Waals surface area contributed by atoms with Crippen LogP contribution in [0.25, 0.3) is 0 Å². The molecule has 17 heavy (non-hydrogen) atoms. The second-order valence-electron chi connectivity index (χ2n) is 3.32. The fourth-order valence-corrected chi connectivity index (χ4v) is 1.76. The number of rotatable bonds is 2. The monoisotopic (exact) mass is 269 g/mol. The molecule has 86 valence electrons. The third-order valence-corrected chi connectivity index (χ3v) is 2.98. The van der Waals surface area contributed by atoms with Gasteiger partial charge >= 0.3 is 0 Å². The van der Waals surface area contributed by atoms with Crippen LogP contribution in [-0.2, 0) is 0 Å². The Bertz CT molecular complexity index is 586. The molecule has 0 saturated heterocycles. The molecular weight excluding hydrogens is 264 g/mol. The summed E-state index contributed by atoms with van der Waals surface area (Å²) in [5.41, 5.74) is 0.362. The van der Waals surface area contributed by atoms with Crippen molar-refractivity contribution >= 4 is 29.0 Å². The van der Waals surface area contributed by atoms with Crippen LogP contribution in [0.2, 0.25) is 10.0 Å². The SMILES string of the molecule is O=C(c1cncc(F)c1)c1cccc(Cl)c1Cl. The maximum atomic E-state index is 12.9. The molecule has 0 saturated carbocycles. The first-order valence-electron chi connectivity index (χ1n) is 4.69. The van der Waals surface area contributed by atoms with Gasteiger partial charge in [-0.2, -0.15) is 0 Å². The molecule has 2 nitrogen and oxygen atoms in total. The van der Waals surface area contributed by atoms with E-state index in [4.69, 9.17) is 23.2 Å². The predicted octanol–water partition coefficient (Wildman–Crippen LogP) is 3.76. The van der Waals surface area contributed by atoms with Crippen LogP contribution in [-0.4, -0.2) is 10.8 Å². The van der Waals surface area contributed by atoms with Gasteiger partial charge in [-0.15, -0.1) is 0 Å². The van der Waals surface area contributed by atoms with Crippen LogP contribution < -0.4 is 0 Å². The van der Waals surface area contributed by atoms with Crippen LogP contribution in [0.15, 0.2) is 36.7 Å². The molecule has 0 N–H and O–H groups in total. The lowest BCUT2D eigenvalue weighted by Gasteiger charge is -2.04. The van der Waals surface area contributed by atoms with Gasteiger partial charge in [0.1, 0.15) is 5.82 Å². The Morgan fingerprint density at radius 3 is 2.71 bits per heavy atom. The van der Waals surface area contributed by atoms with Crippen molar-refractivity contribution < 1.29 is 9.18 Å². The Kier molecular flexibility index (Phi) is 3.41. The van der Waals surface area contributed by atoms with Gasteiger partial charge in [-0.05, 0) is 18.2 Å². The maximum absolute atomic E-state index is 12.9. The van der Waals surface area contributed by atoms with Crippen molar-refractivity contribution in [3.63, 3.8) is 0 Å². The number of ketones is 1. The lowest BCUT2D eigenvalue weighted by atomic mass is 10.1. The first kappa shape index (κ1) is 12.0. The number of hydrogen-bond acceptors (Lipinski definition) is 2. The zero-order valence-corrected chi connectivity index (χ0v) is 9.97. The molecule has 0 atom stereocenters. The van der Waals surface area contributed by atoms with E-state index < -0.39 is 11.6 Å². The molecule has 0 amide bonds. The number of carbonyl (C=O) groups is 1. The largest absolute Gasteiger partial charge is 0.288 e. The minimum absolute atomic E-state index is 0.133. The van der Waals surface area contributed by atoms with Crippen LogP contribution in [0.3, 0.4) is 0 Å². The van der Waals surface area contributed by atoms with Gasteiger partial charge in [-0.25, -0.2) is 4.39 Å². The third-order valence-electron chi connectivity index (χ3n) is 2.16. The van der Waals surface area contributed by atoms with E-state index in [9.17, 15) is 9.18 Å². The quantitative estimate of drug-likeness (QED) is 0.778. The van der Waals surface area contributed by atoms with Crippen LogP contribution in [0.4, 0.5) is 4.39 Å². The first-order valence-corrected chi connectivity index (χ1v) is 5.44. The van der Waals surface area contributed by atoms with Crippen molar-refractivity contribution in [1.29, 1.82) is 0 Å². The third kappa shape index (κ3) is 2.46. The minimum Gasteiger partial charge on any atom is -0.288 e. The van der Waals surface area contributed by atoms with Crippen molar-refractivity contribution in [2.75, 3.05) is 0 Å². The summed E-state index contributed by atoms with van der Waals surface area (Å²) in [6, 6.07) is 5.81. The molecule has 0 spiro atoms. The first-order chi connectivity index (χ1) is 8.09. The average Bonchev–Trinajstić information content (AvgIpc) is 2.32. The van der Waals surface area contributed by atoms with Gasteiger partial charge in [0, 0.05) is 17.3 Å². The van der Waals surface area contributed by atoms with Crippen LogP contribution >= 0.6 is 23.2 Å². The topological polar surface area (TPSA) is 30.0 Å². The molecule has 0 unspecified atom stereocenters. The van der Waals surface area contributed by atoms with E-state index in [1.807, 2.05) is 0 Å². The average molecular weight is 270 g/mol. The Balaban J connectivity index is 2.48. The van der Waals surface area contributed by atoms with Gasteiger partial charge in [0.25, 0.3) is 0 Å². The van der Waals surface area contributed by atoms with Gasteiger partial charge in [-0.3, -0.25) is 9.78 Å². The highest BCUT2D eigenvalue weighted by Gasteiger charge is 2.15. The number of aromatic nitrogens is 1. The van der Waals surface area contributed by atoms with Gasteiger partial charge < -0.3 is 0 Å². The molecule has 1 aromatic heterocycles. The van der Waals surface area contributed by atoms with E-state index in [1.165, 1.54) is 12.3 Å². The molecule has 0 bridgehead atoms. The lowest BCUT2D eigenvalue weighted by molar-refractivity contribution is 0.103. The van der Waals surface area contributed by atoms with Crippen LogP contribution in [0.5, 0.6) is 0 Å². The summed E-state index contributed by atoms with van der Waals surface area (Å²) >= 11 is 11.7. The molecular formula is C12H6Cl2FNO. The zero-order valence-electron chi connectivity index (χ0n) is 8.45. The molecule has 1 heterocycles. The Hall–Kier alpha value is -1.45. The molecule has 0 fully saturated rings. The zero-order chi connectivity index (χ0) is 12.4. The molecule has 1 aromatic carbocycles. The molecule has 5 heteroatoms. The number of benzene rings is 1. The Morgan fingerprint density at radius 1 is 1.24 bits per heavy atom. The van der Waals surface area contributed by atoms with Crippen molar-refractivity contribution in [2.24, 2.45) is 0 Å². The molecule has 0 aliphatic rings. The molecule has 0 radical (unpaired) electrons. The molecule has 2 aromatic rings. The van der Waals surface area contributed by atoms with E-state index in [0.717, 1.165) is 12.3 Å². The Labute approximate surface area is 107 Å². The smallest absolute Gasteiger partial charge is 0.196 e. The second kappa shape index (κ2) is 4.82.